The van der Waals surface area contributed by atoms with Gasteiger partial charge in [0.25, 0.3) is 5.91 Å². The molecule has 2 aromatic rings. The summed E-state index contributed by atoms with van der Waals surface area (Å²) in [5.74, 6) is -0.637. The molecule has 0 saturated carbocycles. The molecule has 0 bridgehead atoms. The molecule has 0 aliphatic carbocycles. The van der Waals surface area contributed by atoms with E-state index in [-0.39, 0.29) is 34.7 Å². The maximum atomic E-state index is 12.1. The van der Waals surface area contributed by atoms with Crippen LogP contribution in [0.2, 0.25) is 10.0 Å². The maximum Gasteiger partial charge on any atom is 0.363 e. The number of methoxy groups -OCH3 is 1. The summed E-state index contributed by atoms with van der Waals surface area (Å²) in [4.78, 5) is 27.3. The smallest absolute Gasteiger partial charge is 0.363 e. The third-order valence-corrected chi connectivity index (χ3v) is 4.16. The quantitative estimate of drug-likeness (QED) is 0.570. The number of ether oxygens (including phenoxy) is 3. The highest BCUT2D eigenvalue weighted by Crippen LogP contribution is 2.37. The van der Waals surface area contributed by atoms with Crippen molar-refractivity contribution in [2.75, 3.05) is 13.7 Å². The zero-order valence-corrected chi connectivity index (χ0v) is 16.1. The molecule has 9 heteroatoms. The van der Waals surface area contributed by atoms with E-state index in [0.717, 1.165) is 0 Å². The number of nitrogens with zero attached hydrogens (tertiary/aromatic N) is 1. The Morgan fingerprint density at radius 1 is 1.25 bits per heavy atom. The first-order valence-electron chi connectivity index (χ1n) is 7.94. The Morgan fingerprint density at radius 2 is 1.96 bits per heavy atom. The average Bonchev–Trinajstić information content (AvgIpc) is 3.01. The van der Waals surface area contributed by atoms with Crippen molar-refractivity contribution < 1.29 is 23.8 Å². The Balaban J connectivity index is 1.91. The SMILES string of the molecule is COc1cc(/C=C2\N=C(c3ccc(Cl)cc3)OC2=O)cc(Cl)c1OCC(N)=O. The molecule has 1 heterocycles. The summed E-state index contributed by atoms with van der Waals surface area (Å²) in [5, 5.41) is 0.741. The topological polar surface area (TPSA) is 100 Å². The van der Waals surface area contributed by atoms with Gasteiger partial charge in [0.2, 0.25) is 5.90 Å². The van der Waals surface area contributed by atoms with E-state index in [1.54, 1.807) is 30.3 Å². The largest absolute Gasteiger partial charge is 0.493 e. The molecule has 0 spiro atoms. The van der Waals surface area contributed by atoms with Gasteiger partial charge in [-0.2, -0.15) is 0 Å². The lowest BCUT2D eigenvalue weighted by atomic mass is 10.1. The highest BCUT2D eigenvalue weighted by Gasteiger charge is 2.24. The number of primary amides is 1. The lowest BCUT2D eigenvalue weighted by molar-refractivity contribution is -0.130. The fraction of sp³-hybridized carbons (Fsp3) is 0.105. The van der Waals surface area contributed by atoms with Crippen LogP contribution in [0.15, 0.2) is 47.1 Å². The van der Waals surface area contributed by atoms with Crippen molar-refractivity contribution in [3.63, 3.8) is 0 Å². The van der Waals surface area contributed by atoms with Crippen LogP contribution >= 0.6 is 23.2 Å². The molecule has 2 aromatic carbocycles. The fourth-order valence-corrected chi connectivity index (χ4v) is 2.79. The van der Waals surface area contributed by atoms with Gasteiger partial charge >= 0.3 is 5.97 Å². The second-order valence-corrected chi connectivity index (χ2v) is 6.48. The minimum atomic E-state index is -0.651. The molecule has 2 N–H and O–H groups in total. The van der Waals surface area contributed by atoms with Gasteiger partial charge in [0, 0.05) is 10.6 Å². The summed E-state index contributed by atoms with van der Waals surface area (Å²) < 4.78 is 15.7. The molecule has 1 aliphatic heterocycles. The molecule has 0 saturated heterocycles. The molecular formula is C19H14Cl2N2O5. The molecule has 1 amide bonds. The number of carbonyl (C=O) groups is 2. The van der Waals surface area contributed by atoms with Gasteiger partial charge in [-0.25, -0.2) is 9.79 Å². The maximum absolute atomic E-state index is 12.1. The number of aliphatic imine (C=N–C) groups is 1. The predicted octanol–water partition coefficient (Wildman–Crippen LogP) is 3.21. The first-order valence-corrected chi connectivity index (χ1v) is 8.70. The van der Waals surface area contributed by atoms with Gasteiger partial charge in [0.15, 0.2) is 23.8 Å². The molecule has 144 valence electrons. The van der Waals surface area contributed by atoms with E-state index < -0.39 is 11.9 Å². The van der Waals surface area contributed by atoms with E-state index in [9.17, 15) is 9.59 Å². The van der Waals surface area contributed by atoms with E-state index in [1.807, 2.05) is 0 Å². The summed E-state index contributed by atoms with van der Waals surface area (Å²) in [6.45, 7) is -0.350. The number of rotatable bonds is 6. The van der Waals surface area contributed by atoms with Gasteiger partial charge in [-0.15, -0.1) is 0 Å². The average molecular weight is 421 g/mol. The van der Waals surface area contributed by atoms with E-state index in [2.05, 4.69) is 4.99 Å². The second kappa shape index (κ2) is 8.33. The molecule has 28 heavy (non-hydrogen) atoms. The van der Waals surface area contributed by atoms with Gasteiger partial charge in [0.1, 0.15) is 0 Å². The third-order valence-electron chi connectivity index (χ3n) is 3.63. The Bertz CT molecular complexity index is 1000. The van der Waals surface area contributed by atoms with E-state index in [4.69, 9.17) is 43.1 Å². The van der Waals surface area contributed by atoms with Crippen molar-refractivity contribution in [3.05, 3.63) is 63.3 Å². The van der Waals surface area contributed by atoms with Crippen LogP contribution in [0.25, 0.3) is 6.08 Å². The zero-order valence-electron chi connectivity index (χ0n) is 14.6. The molecule has 1 aliphatic rings. The van der Waals surface area contributed by atoms with E-state index >= 15 is 0 Å². The standard InChI is InChI=1S/C19H14Cl2N2O5/c1-26-15-8-10(6-13(21)17(15)27-9-16(22)24)7-14-19(25)28-18(23-14)11-2-4-12(20)5-3-11/h2-8H,9H2,1H3,(H2,22,24)/b14-7-. The number of carbonyl (C=O) groups excluding carboxylic acids is 2. The number of benzene rings is 2. The third kappa shape index (κ3) is 4.44. The van der Waals surface area contributed by atoms with E-state index in [1.165, 1.54) is 19.3 Å². The lowest BCUT2D eigenvalue weighted by Crippen LogP contribution is -2.20. The lowest BCUT2D eigenvalue weighted by Gasteiger charge is -2.12. The zero-order chi connectivity index (χ0) is 20.3. The van der Waals surface area contributed by atoms with Gasteiger partial charge in [0.05, 0.1) is 12.1 Å². The highest BCUT2D eigenvalue weighted by molar-refractivity contribution is 6.32. The van der Waals surface area contributed by atoms with Gasteiger partial charge in [-0.3, -0.25) is 4.79 Å². The van der Waals surface area contributed by atoms with Crippen LogP contribution in [-0.4, -0.2) is 31.5 Å². The summed E-state index contributed by atoms with van der Waals surface area (Å²) >= 11 is 12.1. The summed E-state index contributed by atoms with van der Waals surface area (Å²) in [6, 6.07) is 9.86. The molecule has 0 atom stereocenters. The molecule has 7 nitrogen and oxygen atoms in total. The van der Waals surface area contributed by atoms with Gasteiger partial charge < -0.3 is 19.9 Å². The number of amides is 1. The highest BCUT2D eigenvalue weighted by atomic mass is 35.5. The van der Waals surface area contributed by atoms with Crippen molar-refractivity contribution in [1.29, 1.82) is 0 Å². The van der Waals surface area contributed by atoms with Crippen LogP contribution in [0, 0.1) is 0 Å². The van der Waals surface area contributed by atoms with Crippen LogP contribution in [0.4, 0.5) is 0 Å². The van der Waals surface area contributed by atoms with Crippen LogP contribution in [0.1, 0.15) is 11.1 Å². The Hall–Kier alpha value is -3.03. The molecule has 0 unspecified atom stereocenters. The number of hydrogen-bond acceptors (Lipinski definition) is 6. The predicted molar refractivity (Wildman–Crippen MR) is 105 cm³/mol. The van der Waals surface area contributed by atoms with Crippen LogP contribution in [0.3, 0.4) is 0 Å². The number of esters is 1. The molecule has 3 rings (SSSR count). The van der Waals surface area contributed by atoms with Crippen molar-refractivity contribution in [2.45, 2.75) is 0 Å². The van der Waals surface area contributed by atoms with Crippen molar-refractivity contribution >= 4 is 47.1 Å². The van der Waals surface area contributed by atoms with Crippen molar-refractivity contribution in [2.24, 2.45) is 10.7 Å². The number of halogens is 2. The summed E-state index contributed by atoms with van der Waals surface area (Å²) in [5.41, 5.74) is 6.31. The van der Waals surface area contributed by atoms with Gasteiger partial charge in [-0.1, -0.05) is 23.2 Å². The van der Waals surface area contributed by atoms with Gasteiger partial charge in [-0.05, 0) is 48.0 Å². The second-order valence-electron chi connectivity index (χ2n) is 5.63. The molecule has 0 radical (unpaired) electrons. The molecule has 0 fully saturated rings. The minimum absolute atomic E-state index is 0.0916. The Kier molecular flexibility index (Phi) is 5.87. The monoisotopic (exact) mass is 420 g/mol. The van der Waals surface area contributed by atoms with Crippen LogP contribution in [0.5, 0.6) is 11.5 Å². The van der Waals surface area contributed by atoms with E-state index in [0.29, 0.717) is 16.1 Å². The number of hydrogen-bond donors (Lipinski definition) is 1. The Labute approximate surface area is 170 Å². The summed E-state index contributed by atoms with van der Waals surface area (Å²) in [6.07, 6.45) is 1.50. The van der Waals surface area contributed by atoms with Crippen molar-refractivity contribution in [1.82, 2.24) is 0 Å². The number of nitrogens with two attached hydrogens (primary N) is 1. The van der Waals surface area contributed by atoms with Crippen LogP contribution < -0.4 is 15.2 Å². The first kappa shape index (κ1) is 19.7. The normalized spacial score (nSPS) is 14.6. The molecule has 0 aromatic heterocycles. The minimum Gasteiger partial charge on any atom is -0.493 e. The van der Waals surface area contributed by atoms with Crippen LogP contribution in [-0.2, 0) is 14.3 Å². The summed E-state index contributed by atoms with van der Waals surface area (Å²) in [7, 11) is 1.42. The first-order chi connectivity index (χ1) is 13.4. The Morgan fingerprint density at radius 3 is 2.61 bits per heavy atom. The molecular weight excluding hydrogens is 407 g/mol. The number of cyclic esters (lactones) is 1. The van der Waals surface area contributed by atoms with Crippen molar-refractivity contribution in [3.8, 4) is 11.5 Å². The fourth-order valence-electron chi connectivity index (χ4n) is 2.39.